The molecule has 35 heavy (non-hydrogen) atoms. The minimum Gasteiger partial charge on any atom is -0.481 e. The van der Waals surface area contributed by atoms with Crippen LogP contribution in [0.5, 0.6) is 0 Å². The summed E-state index contributed by atoms with van der Waals surface area (Å²) in [4.78, 5) is 37.5. The van der Waals surface area contributed by atoms with E-state index in [1.807, 2.05) is 0 Å². The third-order valence-corrected chi connectivity index (χ3v) is 7.13. The molecular formula is C29H52O6. The lowest BCUT2D eigenvalue weighted by molar-refractivity contribution is -0.170. The van der Waals surface area contributed by atoms with E-state index in [9.17, 15) is 19.5 Å². The molecule has 0 heterocycles. The van der Waals surface area contributed by atoms with E-state index in [0.29, 0.717) is 25.9 Å². The largest absolute Gasteiger partial charge is 0.481 e. The number of carbonyl (C=O) groups is 3. The quantitative estimate of drug-likeness (QED) is 0.150. The smallest absolute Gasteiger partial charge is 0.310 e. The zero-order valence-corrected chi connectivity index (χ0v) is 22.9. The van der Waals surface area contributed by atoms with Crippen LogP contribution in [0.15, 0.2) is 0 Å². The van der Waals surface area contributed by atoms with Crippen LogP contribution in [0, 0.1) is 29.6 Å². The van der Waals surface area contributed by atoms with Gasteiger partial charge in [-0.25, -0.2) is 0 Å². The summed E-state index contributed by atoms with van der Waals surface area (Å²) in [5.41, 5.74) is 0. The predicted molar refractivity (Wildman–Crippen MR) is 139 cm³/mol. The molecule has 0 bridgehead atoms. The fraction of sp³-hybridized carbons (Fsp3) is 0.897. The van der Waals surface area contributed by atoms with E-state index >= 15 is 0 Å². The van der Waals surface area contributed by atoms with Gasteiger partial charge in [0.2, 0.25) is 0 Å². The molecule has 1 aliphatic carbocycles. The van der Waals surface area contributed by atoms with Crippen LogP contribution in [0.1, 0.15) is 124 Å². The minimum absolute atomic E-state index is 0.282. The Morgan fingerprint density at radius 2 is 1.09 bits per heavy atom. The van der Waals surface area contributed by atoms with E-state index in [1.165, 1.54) is 38.5 Å². The second-order valence-electron chi connectivity index (χ2n) is 11.2. The van der Waals surface area contributed by atoms with Crippen molar-refractivity contribution in [2.24, 2.45) is 29.6 Å². The van der Waals surface area contributed by atoms with E-state index in [-0.39, 0.29) is 6.61 Å². The molecule has 3 atom stereocenters. The van der Waals surface area contributed by atoms with Crippen molar-refractivity contribution in [2.45, 2.75) is 124 Å². The van der Waals surface area contributed by atoms with Crippen molar-refractivity contribution < 1.29 is 29.0 Å². The van der Waals surface area contributed by atoms with Gasteiger partial charge in [0.05, 0.1) is 31.0 Å². The molecule has 204 valence electrons. The van der Waals surface area contributed by atoms with Gasteiger partial charge in [-0.15, -0.1) is 0 Å². The number of aliphatic carboxylic acids is 1. The van der Waals surface area contributed by atoms with Gasteiger partial charge < -0.3 is 14.6 Å². The maximum atomic E-state index is 12.9. The molecule has 0 amide bonds. The van der Waals surface area contributed by atoms with Gasteiger partial charge in [-0.3, -0.25) is 14.4 Å². The van der Waals surface area contributed by atoms with Crippen molar-refractivity contribution in [1.82, 2.24) is 0 Å². The second-order valence-corrected chi connectivity index (χ2v) is 11.2. The third kappa shape index (κ3) is 13.9. The van der Waals surface area contributed by atoms with Crippen LogP contribution in [0.3, 0.4) is 0 Å². The number of hydrogen-bond donors (Lipinski definition) is 1. The SMILES string of the molecule is CC(C)CCCCCCCOC(=O)C1CCCC(C(=O)O)C1C(=O)OCCCCCCCC(C)C. The molecule has 1 fully saturated rings. The summed E-state index contributed by atoms with van der Waals surface area (Å²) < 4.78 is 11.0. The van der Waals surface area contributed by atoms with Crippen LogP contribution in [-0.2, 0) is 23.9 Å². The highest BCUT2D eigenvalue weighted by atomic mass is 16.5. The number of carbonyl (C=O) groups excluding carboxylic acids is 2. The number of ether oxygens (including phenoxy) is 2. The summed E-state index contributed by atoms with van der Waals surface area (Å²) >= 11 is 0. The summed E-state index contributed by atoms with van der Waals surface area (Å²) in [5.74, 6) is -3.11. The minimum atomic E-state index is -1.03. The summed E-state index contributed by atoms with van der Waals surface area (Å²) in [7, 11) is 0. The van der Waals surface area contributed by atoms with Crippen molar-refractivity contribution in [3.63, 3.8) is 0 Å². The molecule has 0 radical (unpaired) electrons. The lowest BCUT2D eigenvalue weighted by Gasteiger charge is -2.33. The molecule has 1 aliphatic rings. The van der Waals surface area contributed by atoms with E-state index < -0.39 is 35.7 Å². The van der Waals surface area contributed by atoms with Gasteiger partial charge in [0.25, 0.3) is 0 Å². The van der Waals surface area contributed by atoms with Gasteiger partial charge in [0.15, 0.2) is 0 Å². The Morgan fingerprint density at radius 1 is 0.657 bits per heavy atom. The Labute approximate surface area is 213 Å². The van der Waals surface area contributed by atoms with E-state index in [2.05, 4.69) is 27.7 Å². The molecule has 1 saturated carbocycles. The fourth-order valence-corrected chi connectivity index (χ4v) is 4.99. The highest BCUT2D eigenvalue weighted by Gasteiger charge is 2.46. The number of carboxylic acid groups (broad SMARTS) is 1. The highest BCUT2D eigenvalue weighted by Crippen LogP contribution is 2.37. The van der Waals surface area contributed by atoms with Gasteiger partial charge in [-0.05, 0) is 37.5 Å². The first-order valence-corrected chi connectivity index (χ1v) is 14.3. The lowest BCUT2D eigenvalue weighted by atomic mass is 9.72. The number of rotatable bonds is 19. The Morgan fingerprint density at radius 3 is 1.57 bits per heavy atom. The Hall–Kier alpha value is -1.59. The van der Waals surface area contributed by atoms with Crippen LogP contribution in [-0.4, -0.2) is 36.2 Å². The van der Waals surface area contributed by atoms with E-state index in [0.717, 1.165) is 50.4 Å². The molecule has 6 nitrogen and oxygen atoms in total. The van der Waals surface area contributed by atoms with Crippen LogP contribution < -0.4 is 0 Å². The van der Waals surface area contributed by atoms with Crippen LogP contribution in [0.2, 0.25) is 0 Å². The first-order valence-electron chi connectivity index (χ1n) is 14.3. The van der Waals surface area contributed by atoms with Crippen molar-refractivity contribution >= 4 is 17.9 Å². The number of unbranched alkanes of at least 4 members (excludes halogenated alkanes) is 8. The van der Waals surface area contributed by atoms with Gasteiger partial charge in [0.1, 0.15) is 0 Å². The molecule has 0 aromatic rings. The Bertz CT molecular complexity index is 600. The number of hydrogen-bond acceptors (Lipinski definition) is 5. The Balaban J connectivity index is 2.42. The Kier molecular flexibility index (Phi) is 16.8. The van der Waals surface area contributed by atoms with Gasteiger partial charge in [-0.2, -0.15) is 0 Å². The molecule has 3 unspecified atom stereocenters. The van der Waals surface area contributed by atoms with Crippen molar-refractivity contribution in [1.29, 1.82) is 0 Å². The van der Waals surface area contributed by atoms with Crippen LogP contribution in [0.4, 0.5) is 0 Å². The fourth-order valence-electron chi connectivity index (χ4n) is 4.99. The van der Waals surface area contributed by atoms with Crippen molar-refractivity contribution in [3.8, 4) is 0 Å². The topological polar surface area (TPSA) is 89.9 Å². The first-order chi connectivity index (χ1) is 16.7. The van der Waals surface area contributed by atoms with Crippen molar-refractivity contribution in [2.75, 3.05) is 13.2 Å². The molecule has 6 heteroatoms. The average Bonchev–Trinajstić information content (AvgIpc) is 2.81. The highest BCUT2D eigenvalue weighted by molar-refractivity contribution is 5.87. The predicted octanol–water partition coefficient (Wildman–Crippen LogP) is 7.18. The van der Waals surface area contributed by atoms with Crippen LogP contribution >= 0.6 is 0 Å². The molecule has 0 spiro atoms. The molecular weight excluding hydrogens is 444 g/mol. The molecule has 0 aromatic carbocycles. The molecule has 0 aromatic heterocycles. The zero-order valence-electron chi connectivity index (χ0n) is 22.9. The van der Waals surface area contributed by atoms with Crippen molar-refractivity contribution in [3.05, 3.63) is 0 Å². The summed E-state index contributed by atoms with van der Waals surface area (Å²) in [6.07, 6.45) is 14.6. The first kappa shape index (κ1) is 31.4. The standard InChI is InChI=1S/C29H52O6/c1-22(2)16-11-7-5-9-13-20-34-28(32)25-19-15-18-24(27(30)31)26(25)29(33)35-21-14-10-6-8-12-17-23(3)4/h22-26H,5-21H2,1-4H3,(H,30,31). The molecule has 0 saturated heterocycles. The van der Waals surface area contributed by atoms with E-state index in [4.69, 9.17) is 9.47 Å². The maximum Gasteiger partial charge on any atom is 0.310 e. The summed E-state index contributed by atoms with van der Waals surface area (Å²) in [5, 5.41) is 9.68. The number of esters is 2. The third-order valence-electron chi connectivity index (χ3n) is 7.13. The monoisotopic (exact) mass is 496 g/mol. The zero-order chi connectivity index (χ0) is 26.1. The average molecular weight is 497 g/mol. The van der Waals surface area contributed by atoms with Crippen LogP contribution in [0.25, 0.3) is 0 Å². The maximum absolute atomic E-state index is 12.9. The second kappa shape index (κ2) is 18.6. The number of carboxylic acids is 1. The molecule has 0 aliphatic heterocycles. The normalized spacial score (nSPS) is 20.2. The lowest BCUT2D eigenvalue weighted by Crippen LogP contribution is -2.43. The summed E-state index contributed by atoms with van der Waals surface area (Å²) in [6, 6.07) is 0. The van der Waals surface area contributed by atoms with Gasteiger partial charge in [-0.1, -0.05) is 98.3 Å². The van der Waals surface area contributed by atoms with E-state index in [1.54, 1.807) is 0 Å². The van der Waals surface area contributed by atoms with Gasteiger partial charge in [0, 0.05) is 0 Å². The molecule has 1 N–H and O–H groups in total. The summed E-state index contributed by atoms with van der Waals surface area (Å²) in [6.45, 7) is 9.54. The van der Waals surface area contributed by atoms with Gasteiger partial charge >= 0.3 is 17.9 Å². The molecule has 1 rings (SSSR count).